The second-order valence-corrected chi connectivity index (χ2v) is 6.57. The lowest BCUT2D eigenvalue weighted by Gasteiger charge is -2.08. The predicted octanol–water partition coefficient (Wildman–Crippen LogP) is 2.69. The van der Waals surface area contributed by atoms with Gasteiger partial charge in [-0.2, -0.15) is 23.5 Å². The zero-order valence-electron chi connectivity index (χ0n) is 11.2. The Morgan fingerprint density at radius 2 is 1.00 bits per heavy atom. The van der Waals surface area contributed by atoms with Crippen LogP contribution >= 0.6 is 23.5 Å². The van der Waals surface area contributed by atoms with Crippen molar-refractivity contribution >= 4 is 23.5 Å². The Balaban J connectivity index is 2.00. The molecule has 0 bridgehead atoms. The Bertz CT molecular complexity index is 95.3. The van der Waals surface area contributed by atoms with Gasteiger partial charge < -0.3 is 14.2 Å². The van der Waals surface area contributed by atoms with Crippen molar-refractivity contribution in [2.24, 2.45) is 0 Å². The van der Waals surface area contributed by atoms with Crippen LogP contribution in [0.4, 0.5) is 0 Å². The molecule has 1 saturated heterocycles. The van der Waals surface area contributed by atoms with Gasteiger partial charge in [0.05, 0.1) is 33.0 Å². The van der Waals surface area contributed by atoms with Crippen molar-refractivity contribution in [3.8, 4) is 0 Å². The Kier molecular flexibility index (Phi) is 12.9. The molecule has 0 saturated carbocycles. The topological polar surface area (TPSA) is 27.7 Å². The van der Waals surface area contributed by atoms with Crippen LogP contribution in [0.15, 0.2) is 0 Å². The molecule has 0 unspecified atom stereocenters. The molecule has 1 fully saturated rings. The van der Waals surface area contributed by atoms with Crippen molar-refractivity contribution in [2.75, 3.05) is 62.7 Å². The second kappa shape index (κ2) is 14.0. The van der Waals surface area contributed by atoms with Crippen molar-refractivity contribution in [3.05, 3.63) is 0 Å². The maximum Gasteiger partial charge on any atom is 0.0700 e. The lowest BCUT2D eigenvalue weighted by atomic mass is 10.3. The maximum absolute atomic E-state index is 5.59. The number of hydrogen-bond donors (Lipinski definition) is 0. The second-order valence-electron chi connectivity index (χ2n) is 4.12. The monoisotopic (exact) mass is 294 g/mol. The standard InChI is InChI=1S/C13H26O3S2/c1-2-4-14-7-12-18-13-9-16-6-5-15-8-11-17-10-3-1/h1-13H2. The summed E-state index contributed by atoms with van der Waals surface area (Å²) in [5, 5.41) is 0. The third-order valence-corrected chi connectivity index (χ3v) is 4.51. The first-order chi connectivity index (χ1) is 9.00. The molecule has 1 rings (SSSR count). The summed E-state index contributed by atoms with van der Waals surface area (Å²) in [4.78, 5) is 0. The highest BCUT2D eigenvalue weighted by Gasteiger charge is 1.96. The van der Waals surface area contributed by atoms with Crippen LogP contribution in [-0.2, 0) is 14.2 Å². The zero-order valence-corrected chi connectivity index (χ0v) is 12.9. The Labute approximate surface area is 120 Å². The Hall–Kier alpha value is 0.580. The molecule has 1 aliphatic heterocycles. The summed E-state index contributed by atoms with van der Waals surface area (Å²) in [5.41, 5.74) is 0. The molecular weight excluding hydrogens is 268 g/mol. The SMILES string of the molecule is C1CCOCCSCCOCCOCCSCC1. The third-order valence-electron chi connectivity index (χ3n) is 2.57. The Morgan fingerprint density at radius 1 is 0.444 bits per heavy atom. The zero-order chi connectivity index (χ0) is 12.7. The van der Waals surface area contributed by atoms with E-state index in [4.69, 9.17) is 14.2 Å². The lowest BCUT2D eigenvalue weighted by Crippen LogP contribution is -2.09. The van der Waals surface area contributed by atoms with E-state index in [1.807, 2.05) is 23.5 Å². The molecule has 1 heterocycles. The van der Waals surface area contributed by atoms with E-state index in [0.29, 0.717) is 0 Å². The molecule has 108 valence electrons. The van der Waals surface area contributed by atoms with E-state index in [0.717, 1.165) is 56.9 Å². The van der Waals surface area contributed by atoms with Gasteiger partial charge in [0.25, 0.3) is 0 Å². The van der Waals surface area contributed by atoms with Crippen LogP contribution in [-0.4, -0.2) is 62.7 Å². The van der Waals surface area contributed by atoms with Crippen molar-refractivity contribution in [2.45, 2.75) is 19.3 Å². The van der Waals surface area contributed by atoms with Crippen molar-refractivity contribution < 1.29 is 14.2 Å². The molecule has 18 heavy (non-hydrogen) atoms. The van der Waals surface area contributed by atoms with E-state index < -0.39 is 0 Å². The Morgan fingerprint density at radius 3 is 1.67 bits per heavy atom. The van der Waals surface area contributed by atoms with Crippen LogP contribution in [0.2, 0.25) is 0 Å². The largest absolute Gasteiger partial charge is 0.381 e. The highest BCUT2D eigenvalue weighted by atomic mass is 32.2. The summed E-state index contributed by atoms with van der Waals surface area (Å²) < 4.78 is 16.6. The fourth-order valence-electron chi connectivity index (χ4n) is 1.57. The van der Waals surface area contributed by atoms with Crippen LogP contribution in [0.25, 0.3) is 0 Å². The van der Waals surface area contributed by atoms with E-state index in [9.17, 15) is 0 Å². The normalized spacial score (nSPS) is 24.0. The molecule has 0 N–H and O–H groups in total. The van der Waals surface area contributed by atoms with Crippen LogP contribution in [0.5, 0.6) is 0 Å². The quantitative estimate of drug-likeness (QED) is 0.685. The van der Waals surface area contributed by atoms with Gasteiger partial charge in [-0.15, -0.1) is 0 Å². The lowest BCUT2D eigenvalue weighted by molar-refractivity contribution is 0.0604. The van der Waals surface area contributed by atoms with E-state index in [1.165, 1.54) is 25.0 Å². The van der Waals surface area contributed by atoms with Crippen molar-refractivity contribution in [3.63, 3.8) is 0 Å². The van der Waals surface area contributed by atoms with E-state index in [1.54, 1.807) is 0 Å². The molecular formula is C13H26O3S2. The van der Waals surface area contributed by atoms with Gasteiger partial charge in [0.2, 0.25) is 0 Å². The number of rotatable bonds is 0. The summed E-state index contributed by atoms with van der Waals surface area (Å²) in [5.74, 6) is 4.48. The number of ether oxygens (including phenoxy) is 3. The van der Waals surface area contributed by atoms with Crippen molar-refractivity contribution in [1.82, 2.24) is 0 Å². The van der Waals surface area contributed by atoms with E-state index in [-0.39, 0.29) is 0 Å². The summed E-state index contributed by atoms with van der Waals surface area (Å²) in [6.07, 6.45) is 3.78. The molecule has 0 radical (unpaired) electrons. The molecule has 3 nitrogen and oxygen atoms in total. The summed E-state index contributed by atoms with van der Waals surface area (Å²) in [6.45, 7) is 4.93. The minimum atomic E-state index is 0.724. The molecule has 0 amide bonds. The highest BCUT2D eigenvalue weighted by Crippen LogP contribution is 2.07. The average Bonchev–Trinajstić information content (AvgIpc) is 2.39. The van der Waals surface area contributed by atoms with E-state index in [2.05, 4.69) is 0 Å². The van der Waals surface area contributed by atoms with Gasteiger partial charge in [-0.05, 0) is 18.6 Å². The van der Waals surface area contributed by atoms with Crippen LogP contribution < -0.4 is 0 Å². The summed E-state index contributed by atoms with van der Waals surface area (Å²) in [7, 11) is 0. The summed E-state index contributed by atoms with van der Waals surface area (Å²) in [6, 6.07) is 0. The first-order valence-corrected chi connectivity index (χ1v) is 9.20. The number of thioether (sulfide) groups is 2. The molecule has 5 heteroatoms. The molecule has 0 spiro atoms. The van der Waals surface area contributed by atoms with Gasteiger partial charge in [0.1, 0.15) is 0 Å². The van der Waals surface area contributed by atoms with E-state index >= 15 is 0 Å². The minimum absolute atomic E-state index is 0.724. The van der Waals surface area contributed by atoms with Gasteiger partial charge in [-0.25, -0.2) is 0 Å². The van der Waals surface area contributed by atoms with Gasteiger partial charge in [0.15, 0.2) is 0 Å². The molecule has 0 atom stereocenters. The minimum Gasteiger partial charge on any atom is -0.381 e. The summed E-state index contributed by atoms with van der Waals surface area (Å²) >= 11 is 3.89. The molecule has 0 aromatic heterocycles. The fourth-order valence-corrected chi connectivity index (χ4v) is 3.09. The smallest absolute Gasteiger partial charge is 0.0700 e. The van der Waals surface area contributed by atoms with Gasteiger partial charge in [0, 0.05) is 23.9 Å². The fraction of sp³-hybridized carbons (Fsp3) is 1.00. The molecule has 0 aliphatic carbocycles. The highest BCUT2D eigenvalue weighted by molar-refractivity contribution is 7.99. The third kappa shape index (κ3) is 11.7. The first-order valence-electron chi connectivity index (χ1n) is 6.89. The molecule has 1 aliphatic rings. The van der Waals surface area contributed by atoms with Crippen LogP contribution in [0, 0.1) is 0 Å². The molecule has 0 aromatic rings. The van der Waals surface area contributed by atoms with Gasteiger partial charge in [-0.1, -0.05) is 6.42 Å². The molecule has 0 aromatic carbocycles. The maximum atomic E-state index is 5.59. The number of hydrogen-bond acceptors (Lipinski definition) is 5. The van der Waals surface area contributed by atoms with Crippen LogP contribution in [0.3, 0.4) is 0 Å². The first kappa shape index (κ1) is 16.6. The van der Waals surface area contributed by atoms with Crippen molar-refractivity contribution in [1.29, 1.82) is 0 Å². The van der Waals surface area contributed by atoms with Gasteiger partial charge >= 0.3 is 0 Å². The average molecular weight is 294 g/mol. The predicted molar refractivity (Wildman–Crippen MR) is 81.0 cm³/mol. The van der Waals surface area contributed by atoms with Crippen LogP contribution in [0.1, 0.15) is 19.3 Å². The van der Waals surface area contributed by atoms with Gasteiger partial charge in [-0.3, -0.25) is 0 Å².